The summed E-state index contributed by atoms with van der Waals surface area (Å²) < 4.78 is 25.0. The van der Waals surface area contributed by atoms with Crippen LogP contribution < -0.4 is 20.6 Å². The van der Waals surface area contributed by atoms with E-state index in [0.29, 0.717) is 44.8 Å². The summed E-state index contributed by atoms with van der Waals surface area (Å²) in [6.07, 6.45) is 5.76. The predicted molar refractivity (Wildman–Crippen MR) is 184 cm³/mol. The number of benzene rings is 2. The van der Waals surface area contributed by atoms with E-state index < -0.39 is 11.4 Å². The Labute approximate surface area is 263 Å². The topological polar surface area (TPSA) is 124 Å². The summed E-state index contributed by atoms with van der Waals surface area (Å²) in [6, 6.07) is 10.4. The van der Waals surface area contributed by atoms with Gasteiger partial charge in [0.2, 0.25) is 0 Å². The minimum atomic E-state index is -0.571. The van der Waals surface area contributed by atoms with Crippen LogP contribution in [0.2, 0.25) is 0 Å². The molecule has 4 aromatic rings. The zero-order chi connectivity index (χ0) is 34.1. The van der Waals surface area contributed by atoms with Crippen molar-refractivity contribution in [2.24, 2.45) is 17.0 Å². The fourth-order valence-electron chi connectivity index (χ4n) is 3.99. The molecule has 0 aliphatic carbocycles. The van der Waals surface area contributed by atoms with Gasteiger partial charge in [0.25, 0.3) is 0 Å². The molecule has 4 rings (SSSR count). The van der Waals surface area contributed by atoms with Crippen molar-refractivity contribution < 1.29 is 13.9 Å². The van der Waals surface area contributed by atoms with E-state index in [0.717, 1.165) is 0 Å². The molecule has 0 aliphatic heterocycles. The second-order valence-corrected chi connectivity index (χ2v) is 8.74. The van der Waals surface area contributed by atoms with Gasteiger partial charge < -0.3 is 9.47 Å². The van der Waals surface area contributed by atoms with Gasteiger partial charge in [-0.1, -0.05) is 83.7 Å². The Morgan fingerprint density at radius 3 is 2.07 bits per heavy atom. The third-order valence-electron chi connectivity index (χ3n) is 5.84. The molecule has 0 fully saturated rings. The van der Waals surface area contributed by atoms with Crippen LogP contribution in [0.3, 0.4) is 0 Å². The summed E-state index contributed by atoms with van der Waals surface area (Å²) in [5.74, 6) is -0.253. The van der Waals surface area contributed by atoms with Crippen molar-refractivity contribution in [2.75, 3.05) is 14.2 Å². The lowest BCUT2D eigenvalue weighted by Gasteiger charge is -2.12. The highest BCUT2D eigenvalue weighted by Gasteiger charge is 2.17. The molecule has 0 unspecified atom stereocenters. The molecule has 2 heterocycles. The van der Waals surface area contributed by atoms with Crippen LogP contribution in [0.5, 0.6) is 11.5 Å². The molecule has 238 valence electrons. The molecule has 11 heteroatoms. The molecule has 0 amide bonds. The normalized spacial score (nSPS) is 9.51. The zero-order valence-corrected chi connectivity index (χ0v) is 27.0. The first-order valence-corrected chi connectivity index (χ1v) is 14.0. The average molecular weight is 617 g/mol. The lowest BCUT2D eigenvalue weighted by atomic mass is 9.95. The minimum Gasteiger partial charge on any atom is -0.491 e. The van der Waals surface area contributed by atoms with E-state index in [9.17, 15) is 14.0 Å². The molecule has 0 radical (unpaired) electrons. The lowest BCUT2D eigenvalue weighted by Crippen LogP contribution is -2.21. The van der Waals surface area contributed by atoms with E-state index in [-0.39, 0.29) is 17.1 Å². The van der Waals surface area contributed by atoms with E-state index in [1.807, 2.05) is 13.8 Å². The molecular formula is C34H41FN6O4. The predicted octanol–water partition coefficient (Wildman–Crippen LogP) is 7.59. The van der Waals surface area contributed by atoms with Crippen LogP contribution in [0.1, 0.15) is 45.2 Å². The zero-order valence-electron chi connectivity index (χ0n) is 27.0. The maximum atomic E-state index is 13.5. The van der Waals surface area contributed by atoms with Crippen molar-refractivity contribution in [3.8, 4) is 33.8 Å². The first-order chi connectivity index (χ1) is 21.6. The number of hydrogen-bond donors (Lipinski definition) is 1. The van der Waals surface area contributed by atoms with Gasteiger partial charge in [-0.15, -0.1) is 0 Å². The van der Waals surface area contributed by atoms with Gasteiger partial charge >= 0.3 is 11.1 Å². The van der Waals surface area contributed by atoms with Crippen LogP contribution >= 0.6 is 0 Å². The van der Waals surface area contributed by atoms with Gasteiger partial charge in [-0.2, -0.15) is 10.2 Å². The molecule has 0 atom stereocenters. The Balaban J connectivity index is 0.000000394. The Bertz CT molecular complexity index is 1740. The highest BCUT2D eigenvalue weighted by Crippen LogP contribution is 2.40. The number of methoxy groups -OCH3 is 2. The molecule has 0 aliphatic rings. The van der Waals surface area contributed by atoms with Crippen LogP contribution in [-0.4, -0.2) is 47.6 Å². The Hall–Kier alpha value is -5.45. The molecule has 2 aromatic carbocycles. The van der Waals surface area contributed by atoms with E-state index in [2.05, 4.69) is 65.7 Å². The summed E-state index contributed by atoms with van der Waals surface area (Å²) in [7, 11) is 4.39. The van der Waals surface area contributed by atoms with E-state index >= 15 is 0 Å². The summed E-state index contributed by atoms with van der Waals surface area (Å²) >= 11 is 0. The number of aromatic nitrogens is 4. The van der Waals surface area contributed by atoms with Gasteiger partial charge in [-0.3, -0.25) is 19.6 Å². The number of nitrogens with one attached hydrogen (secondary N) is 1. The lowest BCUT2D eigenvalue weighted by molar-refractivity contribution is 0.402. The molecule has 0 spiro atoms. The summed E-state index contributed by atoms with van der Waals surface area (Å²) in [5.41, 5.74) is 3.49. The number of aromatic amines is 1. The molecule has 0 bridgehead atoms. The van der Waals surface area contributed by atoms with Crippen molar-refractivity contribution in [1.82, 2.24) is 20.0 Å². The maximum Gasteiger partial charge on any atom is 0.309 e. The quantitative estimate of drug-likeness (QED) is 0.203. The van der Waals surface area contributed by atoms with Crippen molar-refractivity contribution in [2.45, 2.75) is 34.1 Å². The van der Waals surface area contributed by atoms with Crippen molar-refractivity contribution in [1.29, 1.82) is 0 Å². The minimum absolute atomic E-state index is 0.115. The van der Waals surface area contributed by atoms with Crippen molar-refractivity contribution in [3.05, 3.63) is 93.8 Å². The van der Waals surface area contributed by atoms with Crippen LogP contribution in [0.25, 0.3) is 34.2 Å². The Morgan fingerprint density at radius 2 is 1.53 bits per heavy atom. The molecule has 10 nitrogen and oxygen atoms in total. The van der Waals surface area contributed by atoms with Gasteiger partial charge in [0, 0.05) is 18.2 Å². The number of nitrogens with zero attached hydrogens (tertiary/aromatic N) is 5. The molecule has 2 aromatic heterocycles. The maximum absolute atomic E-state index is 13.5. The van der Waals surface area contributed by atoms with Crippen molar-refractivity contribution >= 4 is 36.7 Å². The standard InChI is InChI=1S/C15H13FN2O2.C14H14N4O2.C3H8.C2H6/c1-4-10-11(9(2)16)6-5-7-12(10)13-8-17-18-15(19)14(13)20-3;1-15-11-7-5-6-9(12(11)16-2)10-8-17-18(3)14(19)13(10)20-4;1-3-2;1-2/h4-8H,1-2H2,3H3,(H,18,19);5-8H,1-2H2,3-4H3;3H2,1-2H3;1-2H3. The fourth-order valence-corrected chi connectivity index (χ4v) is 3.99. The Morgan fingerprint density at radius 1 is 0.956 bits per heavy atom. The number of H-pyrrole nitrogens is 1. The molecule has 1 N–H and O–H groups in total. The van der Waals surface area contributed by atoms with Gasteiger partial charge in [-0.05, 0) is 30.6 Å². The average Bonchev–Trinajstić information content (AvgIpc) is 3.06. The summed E-state index contributed by atoms with van der Waals surface area (Å²) in [6.45, 7) is 22.3. The number of halogens is 1. The van der Waals surface area contributed by atoms with Gasteiger partial charge in [0.05, 0.1) is 49.1 Å². The number of hydrogen-bond acceptors (Lipinski definition) is 8. The monoisotopic (exact) mass is 616 g/mol. The second kappa shape index (κ2) is 19.0. The summed E-state index contributed by atoms with van der Waals surface area (Å²) in [4.78, 5) is 31.6. The number of rotatable bonds is 8. The van der Waals surface area contributed by atoms with Crippen LogP contribution in [0.4, 0.5) is 15.8 Å². The Kier molecular flexibility index (Phi) is 15.8. The fraction of sp³-hybridized carbons (Fsp3) is 0.235. The van der Waals surface area contributed by atoms with Crippen molar-refractivity contribution in [3.63, 3.8) is 0 Å². The first-order valence-electron chi connectivity index (χ1n) is 14.0. The van der Waals surface area contributed by atoms with Gasteiger partial charge in [0.1, 0.15) is 5.83 Å². The SMILES string of the molecule is C=Cc1c(C(=C)F)cccc1-c1cn[nH]c(=O)c1OC.C=Nc1cccc(-c2cnn(C)c(=O)c2OC)c1N=C.CC.CCC. The molecule has 45 heavy (non-hydrogen) atoms. The molecular weight excluding hydrogens is 575 g/mol. The van der Waals surface area contributed by atoms with E-state index in [1.54, 1.807) is 49.6 Å². The molecule has 0 saturated carbocycles. The van der Waals surface area contributed by atoms with E-state index in [4.69, 9.17) is 9.47 Å². The second-order valence-electron chi connectivity index (χ2n) is 8.74. The number of aryl methyl sites for hydroxylation is 1. The third-order valence-corrected chi connectivity index (χ3v) is 5.84. The number of aliphatic imine (C=N–C) groups is 2. The highest BCUT2D eigenvalue weighted by atomic mass is 19.1. The number of ether oxygens (including phenoxy) is 2. The van der Waals surface area contributed by atoms with Crippen LogP contribution in [-0.2, 0) is 7.05 Å². The molecule has 0 saturated heterocycles. The highest BCUT2D eigenvalue weighted by molar-refractivity contribution is 5.87. The van der Waals surface area contributed by atoms with Crippen LogP contribution in [0, 0.1) is 0 Å². The van der Waals surface area contributed by atoms with Gasteiger partial charge in [0.15, 0.2) is 11.5 Å². The smallest absolute Gasteiger partial charge is 0.309 e. The summed E-state index contributed by atoms with van der Waals surface area (Å²) in [5, 5.41) is 10.0. The van der Waals surface area contributed by atoms with E-state index in [1.165, 1.54) is 37.6 Å². The number of para-hydroxylation sites is 1. The first kappa shape index (κ1) is 37.6. The largest absolute Gasteiger partial charge is 0.491 e. The third kappa shape index (κ3) is 9.02. The van der Waals surface area contributed by atoms with Crippen LogP contribution in [0.15, 0.2) is 81.5 Å². The van der Waals surface area contributed by atoms with Gasteiger partial charge in [-0.25, -0.2) is 14.2 Å².